The average molecular weight is 451 g/mol. The van der Waals surface area contributed by atoms with Crippen LogP contribution in [0.15, 0.2) is 18.3 Å². The van der Waals surface area contributed by atoms with Crippen molar-refractivity contribution in [2.24, 2.45) is 17.8 Å². The Bertz CT molecular complexity index is 990. The van der Waals surface area contributed by atoms with Crippen molar-refractivity contribution < 1.29 is 23.0 Å². The third kappa shape index (κ3) is 3.83. The van der Waals surface area contributed by atoms with Gasteiger partial charge in [0.1, 0.15) is 0 Å². The minimum absolute atomic E-state index is 0.129. The maximum Gasteiger partial charge on any atom is 0.573 e. The molecule has 174 valence electrons. The second-order valence-electron chi connectivity index (χ2n) is 9.63. The van der Waals surface area contributed by atoms with Crippen LogP contribution in [0.3, 0.4) is 0 Å². The van der Waals surface area contributed by atoms with Gasteiger partial charge in [-0.2, -0.15) is 5.10 Å². The van der Waals surface area contributed by atoms with E-state index in [4.69, 9.17) is 10.8 Å². The topological polar surface area (TPSA) is 89.4 Å². The Balaban J connectivity index is 1.35. The van der Waals surface area contributed by atoms with Crippen molar-refractivity contribution in [2.75, 3.05) is 25.4 Å². The van der Waals surface area contributed by atoms with Crippen LogP contribution in [0.25, 0.3) is 11.3 Å². The van der Waals surface area contributed by atoms with Gasteiger partial charge in [0.25, 0.3) is 0 Å². The number of fused-ring (bicyclic) bond motifs is 1. The van der Waals surface area contributed by atoms with Gasteiger partial charge in [0, 0.05) is 61.1 Å². The monoisotopic (exact) mass is 451 g/mol. The van der Waals surface area contributed by atoms with Crippen LogP contribution in [-0.2, 0) is 0 Å². The summed E-state index contributed by atoms with van der Waals surface area (Å²) in [6.07, 6.45) is -1.11. The smallest absolute Gasteiger partial charge is 0.402 e. The van der Waals surface area contributed by atoms with Gasteiger partial charge in [0.05, 0.1) is 5.69 Å². The Morgan fingerprint density at radius 2 is 1.91 bits per heavy atom. The first-order valence-electron chi connectivity index (χ1n) is 11.1. The molecule has 32 heavy (non-hydrogen) atoms. The quantitative estimate of drug-likeness (QED) is 0.700. The molecule has 0 bridgehead atoms. The number of halogens is 3. The molecule has 0 spiro atoms. The van der Waals surface area contributed by atoms with Crippen LogP contribution in [0.2, 0.25) is 0 Å². The van der Waals surface area contributed by atoms with E-state index in [0.717, 1.165) is 31.6 Å². The number of pyridine rings is 1. The van der Waals surface area contributed by atoms with Gasteiger partial charge in [-0.1, -0.05) is 0 Å². The van der Waals surface area contributed by atoms with Crippen molar-refractivity contribution >= 4 is 5.82 Å². The summed E-state index contributed by atoms with van der Waals surface area (Å²) in [5, 5.41) is 14.0. The van der Waals surface area contributed by atoms with E-state index in [1.807, 2.05) is 10.7 Å². The van der Waals surface area contributed by atoms with Gasteiger partial charge < -0.3 is 15.6 Å². The molecule has 10 heteroatoms. The molecule has 2 saturated carbocycles. The van der Waals surface area contributed by atoms with E-state index in [9.17, 15) is 18.3 Å². The summed E-state index contributed by atoms with van der Waals surface area (Å²) in [7, 11) is 0. The molecule has 0 aromatic carbocycles. The predicted octanol–water partition coefficient (Wildman–Crippen LogP) is 3.42. The third-order valence-corrected chi connectivity index (χ3v) is 7.18. The number of nitrogens with zero attached hydrogens (tertiary/aromatic N) is 4. The predicted molar refractivity (Wildman–Crippen MR) is 112 cm³/mol. The molecule has 3 N–H and O–H groups in total. The summed E-state index contributed by atoms with van der Waals surface area (Å²) < 4.78 is 44.1. The molecule has 5 rings (SSSR count). The lowest BCUT2D eigenvalue weighted by molar-refractivity contribution is -0.274. The summed E-state index contributed by atoms with van der Waals surface area (Å²) in [5.41, 5.74) is 7.72. The Morgan fingerprint density at radius 1 is 1.22 bits per heavy atom. The lowest BCUT2D eigenvalue weighted by Gasteiger charge is -2.43. The molecule has 3 heterocycles. The molecule has 3 fully saturated rings. The number of likely N-dealkylation sites (tertiary alicyclic amines) is 1. The van der Waals surface area contributed by atoms with Crippen LogP contribution >= 0.6 is 0 Å². The van der Waals surface area contributed by atoms with Gasteiger partial charge >= 0.3 is 6.36 Å². The number of aliphatic hydroxyl groups is 1. The number of alkyl halides is 3. The van der Waals surface area contributed by atoms with Crippen LogP contribution < -0.4 is 10.5 Å². The highest BCUT2D eigenvalue weighted by Gasteiger charge is 2.59. The second kappa shape index (κ2) is 7.62. The molecule has 4 atom stereocenters. The number of aromatic nitrogens is 3. The van der Waals surface area contributed by atoms with Gasteiger partial charge in [0.2, 0.25) is 0 Å². The number of hydrogen-bond acceptors (Lipinski definition) is 6. The van der Waals surface area contributed by atoms with Gasteiger partial charge in [-0.3, -0.25) is 9.58 Å². The van der Waals surface area contributed by atoms with E-state index in [0.29, 0.717) is 41.0 Å². The van der Waals surface area contributed by atoms with Crippen molar-refractivity contribution in [1.29, 1.82) is 0 Å². The number of nitrogen functional groups attached to an aromatic ring is 1. The SMILES string of the molecule is CC(C)n1nc(-c2cnc(N)c(OC(F)(F)F)c2)cc1[C@H]1[C@@H]2C[C@H](N3CC(CO)C3)C[C@@H]21. The molecule has 0 unspecified atom stereocenters. The molecule has 3 aliphatic rings. The molecule has 0 amide bonds. The fourth-order valence-corrected chi connectivity index (χ4v) is 5.59. The summed E-state index contributed by atoms with van der Waals surface area (Å²) in [4.78, 5) is 6.36. The van der Waals surface area contributed by atoms with Gasteiger partial charge in [-0.15, -0.1) is 13.2 Å². The van der Waals surface area contributed by atoms with E-state index in [2.05, 4.69) is 28.5 Å². The highest BCUT2D eigenvalue weighted by atomic mass is 19.4. The lowest BCUT2D eigenvalue weighted by atomic mass is 9.94. The van der Waals surface area contributed by atoms with Crippen LogP contribution in [0.4, 0.5) is 19.0 Å². The molecule has 1 saturated heterocycles. The maximum atomic E-state index is 12.7. The number of hydrogen-bond donors (Lipinski definition) is 2. The zero-order valence-corrected chi connectivity index (χ0v) is 18.1. The van der Waals surface area contributed by atoms with Gasteiger partial charge in [-0.05, 0) is 50.7 Å². The normalized spacial score (nSPS) is 28.1. The van der Waals surface area contributed by atoms with E-state index in [1.54, 1.807) is 0 Å². The molecule has 0 radical (unpaired) electrons. The summed E-state index contributed by atoms with van der Waals surface area (Å²) in [6, 6.07) is 3.96. The lowest BCUT2D eigenvalue weighted by Crippen LogP contribution is -2.52. The van der Waals surface area contributed by atoms with Crippen molar-refractivity contribution in [2.45, 2.75) is 51.1 Å². The number of anilines is 1. The number of aliphatic hydroxyl groups excluding tert-OH is 1. The molecular weight excluding hydrogens is 423 g/mol. The highest BCUT2D eigenvalue weighted by Crippen LogP contribution is 2.64. The molecule has 2 aromatic heterocycles. The first-order valence-corrected chi connectivity index (χ1v) is 11.1. The summed E-state index contributed by atoms with van der Waals surface area (Å²) in [5.74, 6) is 1.25. The molecule has 2 aromatic rings. The largest absolute Gasteiger partial charge is 0.573 e. The minimum atomic E-state index is -4.84. The van der Waals surface area contributed by atoms with Gasteiger partial charge in [-0.25, -0.2) is 4.98 Å². The van der Waals surface area contributed by atoms with Crippen LogP contribution in [0.5, 0.6) is 5.75 Å². The Hall–Kier alpha value is -2.33. The van der Waals surface area contributed by atoms with E-state index in [-0.39, 0.29) is 18.5 Å². The van der Waals surface area contributed by atoms with Crippen LogP contribution in [0.1, 0.15) is 44.3 Å². The standard InChI is InChI=1S/C22H28F3N5O2/c1-11(2)30-18(20-15-4-14(5-16(15)20)29-8-12(9-29)10-31)6-17(28-30)13-3-19(21(26)27-7-13)32-22(23,24)25/h3,6-7,11-12,14-16,20,31H,4-5,8-10H2,1-2H3,(H2,26,27)/t14-,15+,16-,20-. The minimum Gasteiger partial charge on any atom is -0.402 e. The number of rotatable bonds is 6. The van der Waals surface area contributed by atoms with Crippen molar-refractivity contribution in [3.8, 4) is 17.0 Å². The number of ether oxygens (including phenoxy) is 1. The first-order chi connectivity index (χ1) is 15.1. The number of nitrogens with two attached hydrogens (primary N) is 1. The van der Waals surface area contributed by atoms with Crippen LogP contribution in [-0.4, -0.2) is 56.9 Å². The van der Waals surface area contributed by atoms with E-state index < -0.39 is 12.1 Å². The maximum absolute atomic E-state index is 12.7. The Labute approximate surface area is 184 Å². The molecule has 1 aliphatic heterocycles. The fourth-order valence-electron chi connectivity index (χ4n) is 5.59. The van der Waals surface area contributed by atoms with E-state index >= 15 is 0 Å². The second-order valence-corrected chi connectivity index (χ2v) is 9.63. The van der Waals surface area contributed by atoms with Gasteiger partial charge in [0.15, 0.2) is 11.6 Å². The zero-order chi connectivity index (χ0) is 22.8. The highest BCUT2D eigenvalue weighted by molar-refractivity contribution is 5.64. The fraction of sp³-hybridized carbons (Fsp3) is 0.636. The van der Waals surface area contributed by atoms with Crippen molar-refractivity contribution in [1.82, 2.24) is 19.7 Å². The van der Waals surface area contributed by atoms with Crippen molar-refractivity contribution in [3.63, 3.8) is 0 Å². The molecule has 7 nitrogen and oxygen atoms in total. The zero-order valence-electron chi connectivity index (χ0n) is 18.1. The average Bonchev–Trinajstić information content (AvgIpc) is 3.04. The first kappa shape index (κ1) is 21.5. The third-order valence-electron chi connectivity index (χ3n) is 7.18. The Morgan fingerprint density at radius 3 is 2.50 bits per heavy atom. The molecular formula is C22H28F3N5O2. The summed E-state index contributed by atoms with van der Waals surface area (Å²) in [6.45, 7) is 6.36. The van der Waals surface area contributed by atoms with E-state index in [1.165, 1.54) is 12.3 Å². The molecule has 2 aliphatic carbocycles. The van der Waals surface area contributed by atoms with Crippen molar-refractivity contribution in [3.05, 3.63) is 24.0 Å². The summed E-state index contributed by atoms with van der Waals surface area (Å²) >= 11 is 0. The van der Waals surface area contributed by atoms with Crippen LogP contribution in [0, 0.1) is 17.8 Å². The Kier molecular flexibility index (Phi) is 5.12.